The Morgan fingerprint density at radius 1 is 1.52 bits per heavy atom. The van der Waals surface area contributed by atoms with Crippen LogP contribution >= 0.6 is 12.2 Å². The Bertz CT molecular complexity index is 562. The van der Waals surface area contributed by atoms with Gasteiger partial charge in [-0.1, -0.05) is 6.08 Å². The van der Waals surface area contributed by atoms with Crippen LogP contribution in [0, 0.1) is 11.8 Å². The zero-order valence-electron chi connectivity index (χ0n) is 15.1. The molecular weight excluding hydrogens is 332 g/mol. The van der Waals surface area contributed by atoms with Gasteiger partial charge in [-0.05, 0) is 62.6 Å². The van der Waals surface area contributed by atoms with Gasteiger partial charge in [0.05, 0.1) is 12.8 Å². The Morgan fingerprint density at radius 3 is 3.08 bits per heavy atom. The average Bonchev–Trinajstić information content (AvgIpc) is 3.13. The number of likely N-dealkylation sites (N-methyl/N-ethyl adjacent to an activating group) is 1. The quantitative estimate of drug-likeness (QED) is 0.545. The van der Waals surface area contributed by atoms with Crippen LogP contribution in [-0.2, 0) is 6.54 Å². The second-order valence-electron chi connectivity index (χ2n) is 7.35. The SMILES string of the molecule is C=CCN(C)C[C@H]1CN2CC[C@H]1C[C@@H]2CNC(=S)NCc1ccco1. The van der Waals surface area contributed by atoms with Gasteiger partial charge < -0.3 is 20.0 Å². The predicted octanol–water partition coefficient (Wildman–Crippen LogP) is 2.07. The van der Waals surface area contributed by atoms with Crippen LogP contribution in [0.15, 0.2) is 35.5 Å². The van der Waals surface area contributed by atoms with E-state index >= 15 is 0 Å². The molecule has 1 unspecified atom stereocenters. The smallest absolute Gasteiger partial charge is 0.166 e. The molecule has 0 saturated carbocycles. The van der Waals surface area contributed by atoms with Gasteiger partial charge in [0, 0.05) is 32.2 Å². The molecule has 0 aliphatic carbocycles. The largest absolute Gasteiger partial charge is 0.467 e. The molecule has 3 aliphatic heterocycles. The monoisotopic (exact) mass is 362 g/mol. The Morgan fingerprint density at radius 2 is 2.40 bits per heavy atom. The Kier molecular flexibility index (Phi) is 6.51. The number of thiocarbonyl (C=S) groups is 1. The zero-order chi connectivity index (χ0) is 17.6. The van der Waals surface area contributed by atoms with Gasteiger partial charge in [0.25, 0.3) is 0 Å². The van der Waals surface area contributed by atoms with Gasteiger partial charge >= 0.3 is 0 Å². The molecule has 1 aromatic heterocycles. The summed E-state index contributed by atoms with van der Waals surface area (Å²) < 4.78 is 5.31. The van der Waals surface area contributed by atoms with Crippen LogP contribution < -0.4 is 10.6 Å². The number of fused-ring (bicyclic) bond motifs is 3. The molecule has 4 rings (SSSR count). The highest BCUT2D eigenvalue weighted by Gasteiger charge is 2.39. The molecule has 0 aromatic carbocycles. The number of hydrogen-bond acceptors (Lipinski definition) is 4. The van der Waals surface area contributed by atoms with E-state index in [1.807, 2.05) is 18.2 Å². The summed E-state index contributed by atoms with van der Waals surface area (Å²) in [6.45, 7) is 9.99. The van der Waals surface area contributed by atoms with Crippen LogP contribution in [0.4, 0.5) is 0 Å². The van der Waals surface area contributed by atoms with Crippen molar-refractivity contribution < 1.29 is 4.42 Å². The van der Waals surface area contributed by atoms with Crippen molar-refractivity contribution in [2.45, 2.75) is 25.4 Å². The Labute approximate surface area is 156 Å². The topological polar surface area (TPSA) is 43.7 Å². The van der Waals surface area contributed by atoms with E-state index in [0.29, 0.717) is 17.7 Å². The molecular formula is C19H30N4OS. The fraction of sp³-hybridized carbons (Fsp3) is 0.632. The summed E-state index contributed by atoms with van der Waals surface area (Å²) >= 11 is 5.39. The first-order valence-electron chi connectivity index (χ1n) is 9.23. The van der Waals surface area contributed by atoms with Crippen molar-refractivity contribution in [1.82, 2.24) is 20.4 Å². The van der Waals surface area contributed by atoms with Gasteiger partial charge in [0.2, 0.25) is 0 Å². The summed E-state index contributed by atoms with van der Waals surface area (Å²) in [5.41, 5.74) is 0. The number of nitrogens with zero attached hydrogens (tertiary/aromatic N) is 2. The molecule has 6 heteroatoms. The van der Waals surface area contributed by atoms with Crippen molar-refractivity contribution in [3.63, 3.8) is 0 Å². The normalized spacial score (nSPS) is 28.1. The summed E-state index contributed by atoms with van der Waals surface area (Å²) in [6, 6.07) is 4.44. The molecule has 1 aromatic rings. The van der Waals surface area contributed by atoms with Crippen LogP contribution in [0.25, 0.3) is 0 Å². The Balaban J connectivity index is 1.40. The van der Waals surface area contributed by atoms with Gasteiger partial charge in [-0.2, -0.15) is 0 Å². The van der Waals surface area contributed by atoms with E-state index in [1.165, 1.54) is 32.5 Å². The third-order valence-corrected chi connectivity index (χ3v) is 5.79. The van der Waals surface area contributed by atoms with Crippen molar-refractivity contribution in [1.29, 1.82) is 0 Å². The van der Waals surface area contributed by atoms with E-state index in [4.69, 9.17) is 16.6 Å². The van der Waals surface area contributed by atoms with Gasteiger partial charge in [-0.25, -0.2) is 0 Å². The molecule has 0 radical (unpaired) electrons. The van der Waals surface area contributed by atoms with E-state index < -0.39 is 0 Å². The summed E-state index contributed by atoms with van der Waals surface area (Å²) in [7, 11) is 2.20. The van der Waals surface area contributed by atoms with E-state index in [9.17, 15) is 0 Å². The van der Waals surface area contributed by atoms with Crippen molar-refractivity contribution >= 4 is 17.3 Å². The number of nitrogens with one attached hydrogen (secondary N) is 2. The van der Waals surface area contributed by atoms with Crippen LogP contribution in [0.5, 0.6) is 0 Å². The minimum Gasteiger partial charge on any atom is -0.467 e. The maximum atomic E-state index is 5.39. The molecule has 0 amide bonds. The summed E-state index contributed by atoms with van der Waals surface area (Å²) in [5, 5.41) is 7.31. The molecule has 3 saturated heterocycles. The molecule has 3 aliphatic rings. The minimum atomic E-state index is 0.600. The third kappa shape index (κ3) is 5.06. The lowest BCUT2D eigenvalue weighted by atomic mass is 9.75. The lowest BCUT2D eigenvalue weighted by Gasteiger charge is -2.50. The van der Waals surface area contributed by atoms with Crippen molar-refractivity contribution in [2.75, 3.05) is 39.8 Å². The Hall–Kier alpha value is -1.37. The van der Waals surface area contributed by atoms with E-state index in [1.54, 1.807) is 6.26 Å². The first-order chi connectivity index (χ1) is 12.2. The highest BCUT2D eigenvalue weighted by Crippen LogP contribution is 2.36. The van der Waals surface area contributed by atoms with Crippen molar-refractivity contribution in [3.8, 4) is 0 Å². The predicted molar refractivity (Wildman–Crippen MR) is 105 cm³/mol. The summed E-state index contributed by atoms with van der Waals surface area (Å²) in [5.74, 6) is 2.53. The lowest BCUT2D eigenvalue weighted by molar-refractivity contribution is -0.00669. The number of rotatable bonds is 8. The van der Waals surface area contributed by atoms with Crippen LogP contribution in [0.2, 0.25) is 0 Å². The maximum absolute atomic E-state index is 5.39. The first kappa shape index (κ1) is 18.4. The van der Waals surface area contributed by atoms with Gasteiger partial charge in [0.1, 0.15) is 5.76 Å². The molecule has 3 fully saturated rings. The highest BCUT2D eigenvalue weighted by molar-refractivity contribution is 7.80. The van der Waals surface area contributed by atoms with E-state index in [0.717, 1.165) is 30.7 Å². The summed E-state index contributed by atoms with van der Waals surface area (Å²) in [6.07, 6.45) is 6.29. The van der Waals surface area contributed by atoms with Crippen LogP contribution in [-0.4, -0.2) is 60.7 Å². The molecule has 4 heterocycles. The average molecular weight is 363 g/mol. The fourth-order valence-electron chi connectivity index (χ4n) is 4.22. The maximum Gasteiger partial charge on any atom is 0.166 e. The van der Waals surface area contributed by atoms with Crippen LogP contribution in [0.3, 0.4) is 0 Å². The molecule has 2 bridgehead atoms. The minimum absolute atomic E-state index is 0.600. The van der Waals surface area contributed by atoms with Gasteiger partial charge in [-0.3, -0.25) is 4.90 Å². The lowest BCUT2D eigenvalue weighted by Crippen LogP contribution is -2.58. The summed E-state index contributed by atoms with van der Waals surface area (Å²) in [4.78, 5) is 5.04. The number of furan rings is 1. The van der Waals surface area contributed by atoms with Gasteiger partial charge in [-0.15, -0.1) is 6.58 Å². The second-order valence-corrected chi connectivity index (χ2v) is 7.75. The molecule has 25 heavy (non-hydrogen) atoms. The first-order valence-corrected chi connectivity index (χ1v) is 9.64. The number of piperidine rings is 3. The third-order valence-electron chi connectivity index (χ3n) is 5.50. The van der Waals surface area contributed by atoms with E-state index in [2.05, 4.69) is 34.1 Å². The standard InChI is InChI=1S/C19H30N4OS/c1-3-7-22(2)13-16-14-23-8-6-15(16)10-17(23)11-20-19(25)21-12-18-5-4-9-24-18/h3-5,9,15-17H,1,6-8,10-14H2,2H3,(H2,20,21,25)/t15-,16-,17+/m0/s1. The van der Waals surface area contributed by atoms with Crippen molar-refractivity contribution in [3.05, 3.63) is 36.8 Å². The van der Waals surface area contributed by atoms with Gasteiger partial charge in [0.15, 0.2) is 5.11 Å². The molecule has 138 valence electrons. The van der Waals surface area contributed by atoms with Crippen LogP contribution in [0.1, 0.15) is 18.6 Å². The molecule has 4 atom stereocenters. The molecule has 5 nitrogen and oxygen atoms in total. The molecule has 2 N–H and O–H groups in total. The second kappa shape index (κ2) is 8.83. The fourth-order valence-corrected chi connectivity index (χ4v) is 4.37. The number of hydrogen-bond donors (Lipinski definition) is 2. The van der Waals surface area contributed by atoms with Crippen molar-refractivity contribution in [2.24, 2.45) is 11.8 Å². The van der Waals surface area contributed by atoms with E-state index in [-0.39, 0.29) is 0 Å². The highest BCUT2D eigenvalue weighted by atomic mass is 32.1. The molecule has 0 spiro atoms. The zero-order valence-corrected chi connectivity index (χ0v) is 15.9.